The molecule has 2 aromatic carbocycles. The maximum Gasteiger partial charge on any atom is 0.416 e. The Morgan fingerprint density at radius 2 is 1.57 bits per heavy atom. The lowest BCUT2D eigenvalue weighted by molar-refractivity contribution is -0.137. The van der Waals surface area contributed by atoms with E-state index in [1.807, 2.05) is 32.9 Å². The zero-order valence-corrected chi connectivity index (χ0v) is 13.2. The van der Waals surface area contributed by atoms with Gasteiger partial charge in [0, 0.05) is 11.1 Å². The maximum atomic E-state index is 12.6. The monoisotopic (exact) mass is 318 g/mol. The summed E-state index contributed by atoms with van der Waals surface area (Å²) in [6.07, 6.45) is 1.05. The highest BCUT2D eigenvalue weighted by Gasteiger charge is 2.30. The largest absolute Gasteiger partial charge is 0.457 e. The van der Waals surface area contributed by atoms with Gasteiger partial charge in [-0.1, -0.05) is 32.8 Å². The van der Waals surface area contributed by atoms with Gasteiger partial charge in [0.05, 0.1) is 5.56 Å². The van der Waals surface area contributed by atoms with E-state index in [2.05, 4.69) is 5.92 Å². The Balaban J connectivity index is 2.37. The molecule has 0 bridgehead atoms. The molecule has 0 spiro atoms. The Morgan fingerprint density at radius 1 is 0.957 bits per heavy atom. The van der Waals surface area contributed by atoms with Crippen LogP contribution < -0.4 is 4.74 Å². The number of alkyl halides is 3. The quantitative estimate of drug-likeness (QED) is 0.638. The van der Waals surface area contributed by atoms with Crippen molar-refractivity contribution >= 4 is 0 Å². The number of hydrogen-bond donors (Lipinski definition) is 0. The van der Waals surface area contributed by atoms with E-state index < -0.39 is 11.7 Å². The molecule has 23 heavy (non-hydrogen) atoms. The van der Waals surface area contributed by atoms with Gasteiger partial charge < -0.3 is 4.74 Å². The first-order valence-electron chi connectivity index (χ1n) is 7.07. The van der Waals surface area contributed by atoms with Crippen LogP contribution in [-0.4, -0.2) is 0 Å². The molecule has 2 aromatic rings. The van der Waals surface area contributed by atoms with Crippen molar-refractivity contribution in [1.29, 1.82) is 0 Å². The van der Waals surface area contributed by atoms with Crippen LogP contribution in [0.4, 0.5) is 13.2 Å². The lowest BCUT2D eigenvalue weighted by atomic mass is 9.86. The van der Waals surface area contributed by atoms with E-state index in [1.165, 1.54) is 12.1 Å². The predicted molar refractivity (Wildman–Crippen MR) is 84.6 cm³/mol. The van der Waals surface area contributed by atoms with E-state index >= 15 is 0 Å². The zero-order valence-electron chi connectivity index (χ0n) is 13.2. The van der Waals surface area contributed by atoms with Crippen LogP contribution in [0.3, 0.4) is 0 Å². The van der Waals surface area contributed by atoms with E-state index in [4.69, 9.17) is 11.2 Å². The van der Waals surface area contributed by atoms with Crippen molar-refractivity contribution in [1.82, 2.24) is 0 Å². The average molecular weight is 318 g/mol. The molecule has 0 amide bonds. The molecule has 0 heterocycles. The number of halogens is 3. The minimum absolute atomic E-state index is 0.186. The number of terminal acetylenes is 1. The first kappa shape index (κ1) is 17.0. The van der Waals surface area contributed by atoms with Crippen LogP contribution in [0.5, 0.6) is 11.5 Å². The van der Waals surface area contributed by atoms with Crippen molar-refractivity contribution < 1.29 is 17.9 Å². The average Bonchev–Trinajstić information content (AvgIpc) is 2.45. The van der Waals surface area contributed by atoms with Crippen molar-refractivity contribution in [3.05, 3.63) is 59.2 Å². The Bertz CT molecular complexity index is 729. The molecule has 0 saturated heterocycles. The fourth-order valence-corrected chi connectivity index (χ4v) is 2.16. The third kappa shape index (κ3) is 4.07. The number of rotatable bonds is 2. The molecular weight excluding hydrogens is 301 g/mol. The van der Waals surface area contributed by atoms with Crippen LogP contribution in [0.1, 0.15) is 37.5 Å². The van der Waals surface area contributed by atoms with E-state index in [9.17, 15) is 13.2 Å². The number of hydrogen-bond acceptors (Lipinski definition) is 1. The number of ether oxygens (including phenoxy) is 1. The first-order valence-corrected chi connectivity index (χ1v) is 7.07. The highest BCUT2D eigenvalue weighted by Crippen LogP contribution is 2.36. The summed E-state index contributed by atoms with van der Waals surface area (Å²) in [4.78, 5) is 0. The number of benzene rings is 2. The molecular formula is C19H17F3O. The Morgan fingerprint density at radius 3 is 2.04 bits per heavy atom. The van der Waals surface area contributed by atoms with Crippen LogP contribution in [0, 0.1) is 12.3 Å². The SMILES string of the molecule is C#Cc1ccc(C(C)(C)C)c(Oc2ccc(C(F)(F)F)cc2)c1. The fourth-order valence-electron chi connectivity index (χ4n) is 2.16. The van der Waals surface area contributed by atoms with Gasteiger partial charge in [0.1, 0.15) is 11.5 Å². The first-order chi connectivity index (χ1) is 10.6. The van der Waals surface area contributed by atoms with Gasteiger partial charge in [0.25, 0.3) is 0 Å². The van der Waals surface area contributed by atoms with E-state index in [1.54, 1.807) is 6.07 Å². The minimum Gasteiger partial charge on any atom is -0.457 e. The van der Waals surface area contributed by atoms with Crippen LogP contribution in [0.15, 0.2) is 42.5 Å². The van der Waals surface area contributed by atoms with E-state index in [0.29, 0.717) is 17.1 Å². The molecule has 0 saturated carbocycles. The minimum atomic E-state index is -4.36. The molecule has 2 rings (SSSR count). The molecule has 0 aliphatic carbocycles. The van der Waals surface area contributed by atoms with Crippen molar-refractivity contribution in [3.8, 4) is 23.8 Å². The highest BCUT2D eigenvalue weighted by atomic mass is 19.4. The van der Waals surface area contributed by atoms with Gasteiger partial charge in [-0.2, -0.15) is 13.2 Å². The summed E-state index contributed by atoms with van der Waals surface area (Å²) < 4.78 is 43.6. The maximum absolute atomic E-state index is 12.6. The predicted octanol–water partition coefficient (Wildman–Crippen LogP) is 5.78. The van der Waals surface area contributed by atoms with E-state index in [0.717, 1.165) is 17.7 Å². The zero-order chi connectivity index (χ0) is 17.3. The second-order valence-corrected chi connectivity index (χ2v) is 6.23. The second kappa shape index (κ2) is 6.00. The van der Waals surface area contributed by atoms with Gasteiger partial charge in [-0.25, -0.2) is 0 Å². The molecule has 120 valence electrons. The summed E-state index contributed by atoms with van der Waals surface area (Å²) in [5.74, 6) is 3.41. The van der Waals surface area contributed by atoms with Gasteiger partial charge in [-0.05, 0) is 41.8 Å². The van der Waals surface area contributed by atoms with Gasteiger partial charge in [0.15, 0.2) is 0 Å². The van der Waals surface area contributed by atoms with Gasteiger partial charge in [-0.15, -0.1) is 6.42 Å². The molecule has 1 nitrogen and oxygen atoms in total. The van der Waals surface area contributed by atoms with Crippen LogP contribution >= 0.6 is 0 Å². The summed E-state index contributed by atoms with van der Waals surface area (Å²) in [5, 5.41) is 0. The van der Waals surface area contributed by atoms with Gasteiger partial charge >= 0.3 is 6.18 Å². The molecule has 0 aliphatic heterocycles. The smallest absolute Gasteiger partial charge is 0.416 e. The van der Waals surface area contributed by atoms with Crippen LogP contribution in [0.2, 0.25) is 0 Å². The van der Waals surface area contributed by atoms with Crippen molar-refractivity contribution in [3.63, 3.8) is 0 Å². The molecule has 0 aromatic heterocycles. The molecule has 0 unspecified atom stereocenters. The van der Waals surface area contributed by atoms with E-state index in [-0.39, 0.29) is 5.41 Å². The Kier molecular flexibility index (Phi) is 4.42. The third-order valence-corrected chi connectivity index (χ3v) is 3.37. The second-order valence-electron chi connectivity index (χ2n) is 6.23. The third-order valence-electron chi connectivity index (χ3n) is 3.37. The molecule has 0 radical (unpaired) electrons. The standard InChI is InChI=1S/C19H17F3O/c1-5-13-6-11-16(18(2,3)4)17(12-13)23-15-9-7-14(8-10-15)19(20,21)22/h1,6-12H,2-4H3. The highest BCUT2D eigenvalue weighted by molar-refractivity contribution is 5.48. The molecule has 4 heteroatoms. The van der Waals surface area contributed by atoms with Crippen LogP contribution in [-0.2, 0) is 11.6 Å². The topological polar surface area (TPSA) is 9.23 Å². The molecule has 0 N–H and O–H groups in total. The summed E-state index contributed by atoms with van der Waals surface area (Å²) in [5.41, 5.74) is 0.684. The summed E-state index contributed by atoms with van der Waals surface area (Å²) in [6.45, 7) is 6.08. The summed E-state index contributed by atoms with van der Waals surface area (Å²) in [7, 11) is 0. The fraction of sp³-hybridized carbons (Fsp3) is 0.263. The lowest BCUT2D eigenvalue weighted by Gasteiger charge is -2.23. The van der Waals surface area contributed by atoms with Crippen molar-refractivity contribution in [2.75, 3.05) is 0 Å². The van der Waals surface area contributed by atoms with Gasteiger partial charge in [-0.3, -0.25) is 0 Å². The van der Waals surface area contributed by atoms with Crippen molar-refractivity contribution in [2.45, 2.75) is 32.4 Å². The van der Waals surface area contributed by atoms with Crippen molar-refractivity contribution in [2.24, 2.45) is 0 Å². The van der Waals surface area contributed by atoms with Crippen LogP contribution in [0.25, 0.3) is 0 Å². The lowest BCUT2D eigenvalue weighted by Crippen LogP contribution is -2.12. The summed E-state index contributed by atoms with van der Waals surface area (Å²) >= 11 is 0. The Labute approximate surface area is 134 Å². The molecule has 0 fully saturated rings. The Hall–Kier alpha value is -2.41. The normalized spacial score (nSPS) is 11.9. The summed E-state index contributed by atoms with van der Waals surface area (Å²) in [6, 6.07) is 10.0. The molecule has 0 aliphatic rings. The molecule has 0 atom stereocenters. The van der Waals surface area contributed by atoms with Gasteiger partial charge in [0.2, 0.25) is 0 Å².